The third kappa shape index (κ3) is 3.26. The molecular formula is C17H23FN2O. The Kier molecular flexibility index (Phi) is 4.24. The minimum Gasteiger partial charge on any atom is -0.343 e. The molecule has 1 amide bonds. The van der Waals surface area contributed by atoms with Gasteiger partial charge >= 0.3 is 0 Å². The van der Waals surface area contributed by atoms with Crippen molar-refractivity contribution in [2.75, 3.05) is 13.1 Å². The predicted molar refractivity (Wildman–Crippen MR) is 80.6 cm³/mol. The normalized spacial score (nSPS) is 26.5. The molecule has 1 aromatic rings. The van der Waals surface area contributed by atoms with Gasteiger partial charge in [-0.1, -0.05) is 18.2 Å². The summed E-state index contributed by atoms with van der Waals surface area (Å²) in [7, 11) is 0. The number of nitrogens with zero attached hydrogens (tertiary/aromatic N) is 1. The second-order valence-electron chi connectivity index (χ2n) is 6.33. The minimum atomic E-state index is -0.0734. The fourth-order valence-corrected chi connectivity index (χ4v) is 3.51. The third-order valence-electron chi connectivity index (χ3n) is 4.89. The van der Waals surface area contributed by atoms with Crippen molar-refractivity contribution in [2.45, 2.75) is 50.6 Å². The second kappa shape index (κ2) is 6.14. The molecule has 0 atom stereocenters. The molecule has 0 unspecified atom stereocenters. The van der Waals surface area contributed by atoms with Gasteiger partial charge in [0.1, 0.15) is 5.82 Å². The highest BCUT2D eigenvalue weighted by molar-refractivity contribution is 5.73. The zero-order valence-corrected chi connectivity index (χ0v) is 12.5. The molecule has 1 saturated carbocycles. The predicted octanol–water partition coefficient (Wildman–Crippen LogP) is 2.67. The van der Waals surface area contributed by atoms with Crippen molar-refractivity contribution < 1.29 is 9.18 Å². The van der Waals surface area contributed by atoms with E-state index in [2.05, 4.69) is 5.32 Å². The highest BCUT2D eigenvalue weighted by Gasteiger charge is 2.33. The number of piperidine rings is 1. The van der Waals surface area contributed by atoms with E-state index in [1.807, 2.05) is 17.0 Å². The highest BCUT2D eigenvalue weighted by atomic mass is 19.1. The van der Waals surface area contributed by atoms with Gasteiger partial charge in [0.2, 0.25) is 5.91 Å². The Labute approximate surface area is 125 Å². The second-order valence-corrected chi connectivity index (χ2v) is 6.33. The van der Waals surface area contributed by atoms with Gasteiger partial charge in [-0.05, 0) is 43.2 Å². The molecule has 1 heterocycles. The van der Waals surface area contributed by atoms with Crippen LogP contribution >= 0.6 is 0 Å². The Morgan fingerprint density at radius 1 is 1.19 bits per heavy atom. The molecule has 1 saturated heterocycles. The van der Waals surface area contributed by atoms with E-state index in [4.69, 9.17) is 0 Å². The summed E-state index contributed by atoms with van der Waals surface area (Å²) in [4.78, 5) is 13.2. The molecule has 21 heavy (non-hydrogen) atoms. The lowest BCUT2D eigenvalue weighted by Gasteiger charge is -2.41. The van der Waals surface area contributed by atoms with Gasteiger partial charge in [0.15, 0.2) is 0 Å². The first-order chi connectivity index (χ1) is 10.1. The van der Waals surface area contributed by atoms with E-state index in [1.54, 1.807) is 19.1 Å². The topological polar surface area (TPSA) is 32.3 Å². The lowest BCUT2D eigenvalue weighted by Crippen LogP contribution is -2.50. The summed E-state index contributed by atoms with van der Waals surface area (Å²) >= 11 is 0. The van der Waals surface area contributed by atoms with E-state index in [9.17, 15) is 9.18 Å². The molecule has 1 aliphatic carbocycles. The van der Waals surface area contributed by atoms with Gasteiger partial charge in [0.05, 0.1) is 0 Å². The maximum absolute atomic E-state index is 13.7. The largest absolute Gasteiger partial charge is 0.343 e. The molecule has 2 aliphatic rings. The molecule has 2 fully saturated rings. The molecule has 3 rings (SSSR count). The Morgan fingerprint density at radius 3 is 2.48 bits per heavy atom. The van der Waals surface area contributed by atoms with E-state index in [0.29, 0.717) is 18.0 Å². The molecule has 114 valence electrons. The van der Waals surface area contributed by atoms with Crippen LogP contribution in [0.25, 0.3) is 0 Å². The quantitative estimate of drug-likeness (QED) is 0.928. The summed E-state index contributed by atoms with van der Waals surface area (Å²) in [5.74, 6) is 0.466. The summed E-state index contributed by atoms with van der Waals surface area (Å²) in [5, 5.41) is 3.67. The van der Waals surface area contributed by atoms with Gasteiger partial charge < -0.3 is 10.2 Å². The summed E-state index contributed by atoms with van der Waals surface area (Å²) in [6.45, 7) is 3.35. The maximum Gasteiger partial charge on any atom is 0.219 e. The highest BCUT2D eigenvalue weighted by Crippen LogP contribution is 2.38. The van der Waals surface area contributed by atoms with E-state index in [-0.39, 0.29) is 11.7 Å². The Balaban J connectivity index is 1.44. The summed E-state index contributed by atoms with van der Waals surface area (Å²) in [5.41, 5.74) is 0.863. The SMILES string of the molecule is CC(=O)N1CCC(NC2CC(c3ccccc3F)C2)CC1. The fourth-order valence-electron chi connectivity index (χ4n) is 3.51. The number of likely N-dealkylation sites (tertiary alicyclic amines) is 1. The van der Waals surface area contributed by atoms with Crippen molar-refractivity contribution >= 4 is 5.91 Å². The van der Waals surface area contributed by atoms with Crippen molar-refractivity contribution in [1.29, 1.82) is 0 Å². The van der Waals surface area contributed by atoms with E-state index < -0.39 is 0 Å². The van der Waals surface area contributed by atoms with E-state index in [1.165, 1.54) is 0 Å². The first-order valence-corrected chi connectivity index (χ1v) is 7.89. The first-order valence-electron chi connectivity index (χ1n) is 7.89. The number of hydrogen-bond donors (Lipinski definition) is 1. The van der Waals surface area contributed by atoms with Crippen LogP contribution in [0.3, 0.4) is 0 Å². The minimum absolute atomic E-state index is 0.0734. The molecule has 0 spiro atoms. The van der Waals surface area contributed by atoms with Gasteiger partial charge in [0.25, 0.3) is 0 Å². The number of carbonyl (C=O) groups is 1. The fraction of sp³-hybridized carbons (Fsp3) is 0.588. The molecule has 1 N–H and O–H groups in total. The van der Waals surface area contributed by atoms with Crippen LogP contribution in [0.2, 0.25) is 0 Å². The van der Waals surface area contributed by atoms with Crippen molar-refractivity contribution in [3.63, 3.8) is 0 Å². The molecule has 0 bridgehead atoms. The number of benzene rings is 1. The average molecular weight is 290 g/mol. The van der Waals surface area contributed by atoms with Gasteiger partial charge in [-0.3, -0.25) is 4.79 Å². The van der Waals surface area contributed by atoms with Crippen LogP contribution in [0, 0.1) is 5.82 Å². The Morgan fingerprint density at radius 2 is 1.86 bits per heavy atom. The Hall–Kier alpha value is -1.42. The molecular weight excluding hydrogens is 267 g/mol. The smallest absolute Gasteiger partial charge is 0.219 e. The first kappa shape index (κ1) is 14.5. The van der Waals surface area contributed by atoms with Crippen molar-refractivity contribution in [2.24, 2.45) is 0 Å². The van der Waals surface area contributed by atoms with Crippen molar-refractivity contribution in [3.8, 4) is 0 Å². The summed E-state index contributed by atoms with van der Waals surface area (Å²) in [6.07, 6.45) is 4.10. The number of nitrogens with one attached hydrogen (secondary N) is 1. The zero-order valence-electron chi connectivity index (χ0n) is 12.5. The third-order valence-corrected chi connectivity index (χ3v) is 4.89. The monoisotopic (exact) mass is 290 g/mol. The lowest BCUT2D eigenvalue weighted by atomic mass is 9.75. The zero-order chi connectivity index (χ0) is 14.8. The lowest BCUT2D eigenvalue weighted by molar-refractivity contribution is -0.129. The van der Waals surface area contributed by atoms with Crippen LogP contribution in [-0.2, 0) is 4.79 Å². The molecule has 1 aliphatic heterocycles. The van der Waals surface area contributed by atoms with Crippen LogP contribution in [-0.4, -0.2) is 36.0 Å². The van der Waals surface area contributed by atoms with Crippen LogP contribution in [0.1, 0.15) is 44.1 Å². The number of carbonyl (C=O) groups excluding carboxylic acids is 1. The van der Waals surface area contributed by atoms with Crippen LogP contribution < -0.4 is 5.32 Å². The molecule has 0 aromatic heterocycles. The Bertz CT molecular complexity index is 505. The van der Waals surface area contributed by atoms with Gasteiger partial charge in [-0.15, -0.1) is 0 Å². The summed E-state index contributed by atoms with van der Waals surface area (Å²) < 4.78 is 13.7. The van der Waals surface area contributed by atoms with Crippen molar-refractivity contribution in [1.82, 2.24) is 10.2 Å². The van der Waals surface area contributed by atoms with Gasteiger partial charge in [-0.25, -0.2) is 4.39 Å². The molecule has 4 heteroatoms. The van der Waals surface area contributed by atoms with Gasteiger partial charge in [-0.2, -0.15) is 0 Å². The molecule has 1 aromatic carbocycles. The van der Waals surface area contributed by atoms with Crippen LogP contribution in [0.5, 0.6) is 0 Å². The van der Waals surface area contributed by atoms with Crippen LogP contribution in [0.4, 0.5) is 4.39 Å². The molecule has 3 nitrogen and oxygen atoms in total. The van der Waals surface area contributed by atoms with Crippen LogP contribution in [0.15, 0.2) is 24.3 Å². The number of rotatable bonds is 3. The average Bonchev–Trinajstić information content (AvgIpc) is 2.44. The molecule has 0 radical (unpaired) electrons. The van der Waals surface area contributed by atoms with Crippen molar-refractivity contribution in [3.05, 3.63) is 35.6 Å². The number of halogens is 1. The number of hydrogen-bond acceptors (Lipinski definition) is 2. The number of amides is 1. The van der Waals surface area contributed by atoms with E-state index >= 15 is 0 Å². The summed E-state index contributed by atoms with van der Waals surface area (Å²) in [6, 6.07) is 8.12. The standard InChI is InChI=1S/C17H23FN2O/c1-12(21)20-8-6-14(7-9-20)19-15-10-13(11-15)16-4-2-3-5-17(16)18/h2-5,13-15,19H,6-11H2,1H3. The van der Waals surface area contributed by atoms with Gasteiger partial charge in [0, 0.05) is 32.1 Å². The maximum atomic E-state index is 13.7. The van der Waals surface area contributed by atoms with E-state index in [0.717, 1.165) is 44.3 Å².